The summed E-state index contributed by atoms with van der Waals surface area (Å²) in [6.07, 6.45) is 4.30. The highest BCUT2D eigenvalue weighted by Crippen LogP contribution is 2.61. The Morgan fingerprint density at radius 1 is 0.667 bits per heavy atom. The second kappa shape index (κ2) is 6.39. The van der Waals surface area contributed by atoms with Crippen molar-refractivity contribution >= 4 is 23.6 Å². The third kappa shape index (κ3) is 2.42. The van der Waals surface area contributed by atoms with Crippen LogP contribution in [0.15, 0.2) is 0 Å². The lowest BCUT2D eigenvalue weighted by molar-refractivity contribution is -0.170. The highest BCUT2D eigenvalue weighted by Gasteiger charge is 2.65. The minimum absolute atomic E-state index is 0.0441. The van der Waals surface area contributed by atoms with E-state index in [9.17, 15) is 19.2 Å². The maximum Gasteiger partial charge on any atom is 0.235 e. The van der Waals surface area contributed by atoms with Crippen LogP contribution in [0.3, 0.4) is 0 Å². The van der Waals surface area contributed by atoms with Gasteiger partial charge in [0.25, 0.3) is 0 Å². The van der Waals surface area contributed by atoms with Crippen LogP contribution in [-0.4, -0.2) is 46.5 Å². The predicted octanol–water partition coefficient (Wildman–Crippen LogP) is 3.39. The zero-order valence-electron chi connectivity index (χ0n) is 19.3. The molecule has 0 aromatic rings. The highest BCUT2D eigenvalue weighted by atomic mass is 16.2. The second-order valence-corrected chi connectivity index (χ2v) is 11.6. The summed E-state index contributed by atoms with van der Waals surface area (Å²) in [5, 5.41) is 0. The highest BCUT2D eigenvalue weighted by molar-refractivity contribution is 6.04. The maximum atomic E-state index is 13.1. The van der Waals surface area contributed by atoms with Crippen molar-refractivity contribution in [2.24, 2.45) is 33.5 Å². The van der Waals surface area contributed by atoms with Gasteiger partial charge in [-0.25, -0.2) is 0 Å². The van der Waals surface area contributed by atoms with Crippen molar-refractivity contribution in [3.63, 3.8) is 0 Å². The maximum absolute atomic E-state index is 13.1. The molecule has 0 unspecified atom stereocenters. The Morgan fingerprint density at radius 3 is 1.33 bits per heavy atom. The van der Waals surface area contributed by atoms with E-state index in [1.165, 1.54) is 9.80 Å². The van der Waals surface area contributed by atoms with E-state index in [0.717, 1.165) is 25.7 Å². The third-order valence-electron chi connectivity index (χ3n) is 10.0. The van der Waals surface area contributed by atoms with Crippen LogP contribution < -0.4 is 0 Å². The molecule has 4 rings (SSSR count). The topological polar surface area (TPSA) is 74.8 Å². The van der Waals surface area contributed by atoms with Crippen molar-refractivity contribution in [1.29, 1.82) is 0 Å². The van der Waals surface area contributed by atoms with E-state index in [0.29, 0.717) is 25.9 Å². The Bertz CT molecular complexity index is 763. The Kier molecular flexibility index (Phi) is 4.58. The molecule has 2 saturated carbocycles. The van der Waals surface area contributed by atoms with Crippen LogP contribution in [0.1, 0.15) is 80.1 Å². The fraction of sp³-hybridized carbons (Fsp3) is 0.833. The smallest absolute Gasteiger partial charge is 0.235 e. The Morgan fingerprint density at radius 2 is 1.00 bits per heavy atom. The van der Waals surface area contributed by atoms with Crippen molar-refractivity contribution in [3.8, 4) is 0 Å². The van der Waals surface area contributed by atoms with Crippen LogP contribution in [0.5, 0.6) is 0 Å². The number of carbonyl (C=O) groups is 4. The lowest BCUT2D eigenvalue weighted by Crippen LogP contribution is -2.59. The summed E-state index contributed by atoms with van der Waals surface area (Å²) in [6.45, 7) is 12.9. The van der Waals surface area contributed by atoms with Gasteiger partial charge in [0.15, 0.2) is 0 Å². The van der Waals surface area contributed by atoms with Crippen LogP contribution in [0.25, 0.3) is 0 Å². The summed E-state index contributed by atoms with van der Waals surface area (Å²) in [7, 11) is 0. The molecule has 2 aliphatic carbocycles. The molecular weight excluding hydrogens is 380 g/mol. The van der Waals surface area contributed by atoms with E-state index in [-0.39, 0.29) is 46.3 Å². The fourth-order valence-electron chi connectivity index (χ4n) is 6.77. The molecule has 0 N–H and O–H groups in total. The first-order valence-corrected chi connectivity index (χ1v) is 11.5. The van der Waals surface area contributed by atoms with Gasteiger partial charge in [0, 0.05) is 24.9 Å². The Balaban J connectivity index is 1.38. The molecule has 6 nitrogen and oxygen atoms in total. The van der Waals surface area contributed by atoms with E-state index in [2.05, 4.69) is 0 Å². The van der Waals surface area contributed by atoms with Gasteiger partial charge in [0.05, 0.1) is 10.8 Å². The van der Waals surface area contributed by atoms with E-state index in [4.69, 9.17) is 0 Å². The lowest BCUT2D eigenvalue weighted by Gasteiger charge is -2.48. The first-order valence-electron chi connectivity index (χ1n) is 11.5. The fourth-order valence-corrected chi connectivity index (χ4v) is 6.77. The molecule has 166 valence electrons. The zero-order chi connectivity index (χ0) is 22.3. The number of hydrogen-bond acceptors (Lipinski definition) is 4. The number of hydrogen-bond donors (Lipinski definition) is 0. The molecule has 4 amide bonds. The third-order valence-corrected chi connectivity index (χ3v) is 10.0. The minimum Gasteiger partial charge on any atom is -0.282 e. The first-order chi connectivity index (χ1) is 13.8. The largest absolute Gasteiger partial charge is 0.282 e. The summed E-state index contributed by atoms with van der Waals surface area (Å²) in [6, 6.07) is 0. The van der Waals surface area contributed by atoms with E-state index in [1.54, 1.807) is 0 Å². The van der Waals surface area contributed by atoms with Crippen LogP contribution in [0, 0.1) is 33.5 Å². The number of likely N-dealkylation sites (tertiary alicyclic amines) is 2. The summed E-state index contributed by atoms with van der Waals surface area (Å²) in [4.78, 5) is 55.1. The predicted molar refractivity (Wildman–Crippen MR) is 112 cm³/mol. The van der Waals surface area contributed by atoms with Gasteiger partial charge in [0.2, 0.25) is 23.6 Å². The lowest BCUT2D eigenvalue weighted by atomic mass is 9.62. The number of unbranched alkanes of at least 4 members (excludes halogenated alkanes) is 1. The summed E-state index contributed by atoms with van der Waals surface area (Å²) in [5.74, 6) is -0.381. The molecule has 0 aromatic carbocycles. The number of imide groups is 2. The molecule has 0 radical (unpaired) electrons. The van der Waals surface area contributed by atoms with Gasteiger partial charge in [-0.05, 0) is 49.4 Å². The molecule has 4 fully saturated rings. The van der Waals surface area contributed by atoms with Crippen molar-refractivity contribution in [2.75, 3.05) is 13.1 Å². The van der Waals surface area contributed by atoms with Crippen LogP contribution >= 0.6 is 0 Å². The van der Waals surface area contributed by atoms with Gasteiger partial charge >= 0.3 is 0 Å². The monoisotopic (exact) mass is 416 g/mol. The number of fused-ring (bicyclic) bond motifs is 4. The molecule has 2 saturated heterocycles. The molecule has 4 aliphatic rings. The van der Waals surface area contributed by atoms with Crippen LogP contribution in [0.2, 0.25) is 0 Å². The summed E-state index contributed by atoms with van der Waals surface area (Å²) < 4.78 is 0. The molecule has 4 atom stereocenters. The second-order valence-electron chi connectivity index (χ2n) is 11.6. The molecule has 2 aliphatic heterocycles. The molecule has 30 heavy (non-hydrogen) atoms. The van der Waals surface area contributed by atoms with Gasteiger partial charge < -0.3 is 0 Å². The summed E-state index contributed by atoms with van der Waals surface area (Å²) >= 11 is 0. The van der Waals surface area contributed by atoms with Crippen molar-refractivity contribution in [1.82, 2.24) is 9.80 Å². The average molecular weight is 417 g/mol. The van der Waals surface area contributed by atoms with Gasteiger partial charge in [-0.15, -0.1) is 0 Å². The molecular formula is C24H36N2O4. The van der Waals surface area contributed by atoms with Crippen molar-refractivity contribution < 1.29 is 19.2 Å². The number of carbonyl (C=O) groups excluding carboxylic acids is 4. The van der Waals surface area contributed by atoms with Gasteiger partial charge in [-0.3, -0.25) is 29.0 Å². The van der Waals surface area contributed by atoms with E-state index < -0.39 is 10.8 Å². The van der Waals surface area contributed by atoms with E-state index in [1.807, 2.05) is 41.5 Å². The summed E-state index contributed by atoms with van der Waals surface area (Å²) in [5.41, 5.74) is -1.56. The van der Waals surface area contributed by atoms with Crippen LogP contribution in [-0.2, 0) is 19.2 Å². The molecule has 0 spiro atoms. The Hall–Kier alpha value is -1.72. The zero-order valence-corrected chi connectivity index (χ0v) is 19.3. The standard InChI is InChI=1S/C24H36N2O4/c1-21(2)15-9-11-23(21,5)19(29)25(17(15)27)13-7-8-14-26-18(28)16-10-12-24(6,20(26)30)22(16,3)4/h15-16H,7-14H2,1-6H3/t15-,16+,23+,24-. The normalized spacial score (nSPS) is 39.3. The van der Waals surface area contributed by atoms with Gasteiger partial charge in [-0.1, -0.05) is 41.5 Å². The van der Waals surface area contributed by atoms with Crippen molar-refractivity contribution in [3.05, 3.63) is 0 Å². The Labute approximate surface area is 179 Å². The molecule has 4 bridgehead atoms. The number of piperidine rings is 2. The number of amides is 4. The number of rotatable bonds is 5. The first kappa shape index (κ1) is 21.5. The number of nitrogens with zero attached hydrogens (tertiary/aromatic N) is 2. The van der Waals surface area contributed by atoms with Crippen LogP contribution in [0.4, 0.5) is 0 Å². The molecule has 0 aromatic heterocycles. The average Bonchev–Trinajstić information content (AvgIpc) is 2.97. The van der Waals surface area contributed by atoms with Gasteiger partial charge in [0.1, 0.15) is 0 Å². The molecule has 2 heterocycles. The van der Waals surface area contributed by atoms with Gasteiger partial charge in [-0.2, -0.15) is 0 Å². The van der Waals surface area contributed by atoms with Crippen molar-refractivity contribution in [2.45, 2.75) is 80.1 Å². The SMILES string of the molecule is CC1(C)[C@@H]2CC[C@@]1(C)C(=O)N(CCCCN1C(=O)[C@@H]3CC[C@](C)(C1=O)C3(C)C)C2=O. The molecule has 6 heteroatoms. The quantitative estimate of drug-likeness (QED) is 0.509. The van der Waals surface area contributed by atoms with E-state index >= 15 is 0 Å². The minimum atomic E-state index is -0.482.